The summed E-state index contributed by atoms with van der Waals surface area (Å²) in [6.07, 6.45) is 4.79. The van der Waals surface area contributed by atoms with Crippen molar-refractivity contribution in [3.05, 3.63) is 59.2 Å². The van der Waals surface area contributed by atoms with Crippen LogP contribution in [0.15, 0.2) is 47.4 Å². The Kier molecular flexibility index (Phi) is 5.85. The van der Waals surface area contributed by atoms with Crippen molar-refractivity contribution in [3.63, 3.8) is 0 Å². The topological polar surface area (TPSA) is 75.3 Å². The third kappa shape index (κ3) is 4.89. The Morgan fingerprint density at radius 3 is 2.56 bits per heavy atom. The lowest BCUT2D eigenvalue weighted by Gasteiger charge is -2.13. The van der Waals surface area contributed by atoms with Crippen molar-refractivity contribution in [2.45, 2.75) is 44.4 Å². The summed E-state index contributed by atoms with van der Waals surface area (Å²) in [7, 11) is -3.72. The summed E-state index contributed by atoms with van der Waals surface area (Å²) in [4.78, 5) is 12.6. The molecule has 1 aliphatic carbocycles. The minimum Gasteiger partial charge on any atom is -0.352 e. The number of hydrogen-bond donors (Lipinski definition) is 2. The highest BCUT2D eigenvalue weighted by Gasteiger charge is 2.19. The Morgan fingerprint density at radius 1 is 1.07 bits per heavy atom. The van der Waals surface area contributed by atoms with Gasteiger partial charge in [-0.3, -0.25) is 9.52 Å². The Morgan fingerprint density at radius 2 is 1.81 bits per heavy atom. The molecule has 5 nitrogen and oxygen atoms in total. The lowest BCUT2D eigenvalue weighted by atomic mass is 10.1. The summed E-state index contributed by atoms with van der Waals surface area (Å²) in [5, 5.41) is 2.96. The Bertz CT molecular complexity index is 932. The number of aryl methyl sites for hydroxylation is 2. The number of sulfonamides is 1. The van der Waals surface area contributed by atoms with Gasteiger partial charge in [0.15, 0.2) is 0 Å². The van der Waals surface area contributed by atoms with Gasteiger partial charge in [-0.2, -0.15) is 0 Å². The van der Waals surface area contributed by atoms with Crippen LogP contribution < -0.4 is 10.0 Å². The highest BCUT2D eigenvalue weighted by Crippen LogP contribution is 2.24. The average Bonchev–Trinajstić information content (AvgIpc) is 3.15. The first kappa shape index (κ1) is 19.4. The molecule has 0 aliphatic heterocycles. The molecule has 0 radical (unpaired) electrons. The summed E-state index contributed by atoms with van der Waals surface area (Å²) in [6.45, 7) is 4.30. The maximum Gasteiger partial charge on any atom is 0.262 e. The van der Waals surface area contributed by atoms with Crippen LogP contribution in [-0.4, -0.2) is 20.9 Å². The predicted octanol–water partition coefficient (Wildman–Crippen LogP) is 4.02. The maximum absolute atomic E-state index is 12.7. The highest BCUT2D eigenvalue weighted by molar-refractivity contribution is 7.92. The molecule has 6 heteroatoms. The zero-order chi connectivity index (χ0) is 19.4. The summed E-state index contributed by atoms with van der Waals surface area (Å²) < 4.78 is 28.1. The number of carbonyl (C=O) groups is 1. The van der Waals surface area contributed by atoms with Crippen LogP contribution >= 0.6 is 0 Å². The molecule has 1 amide bonds. The SMILES string of the molecule is Cc1ccc(C)c(S(=O)(=O)Nc2cccc(C(=O)NCC3CCCC3)c2)c1. The van der Waals surface area contributed by atoms with E-state index in [9.17, 15) is 13.2 Å². The van der Waals surface area contributed by atoms with Crippen LogP contribution in [0.4, 0.5) is 5.69 Å². The molecule has 0 unspecified atom stereocenters. The molecular formula is C21H26N2O3S. The lowest BCUT2D eigenvalue weighted by Crippen LogP contribution is -2.28. The van der Waals surface area contributed by atoms with Crippen molar-refractivity contribution in [1.82, 2.24) is 5.32 Å². The van der Waals surface area contributed by atoms with E-state index in [1.54, 1.807) is 43.3 Å². The van der Waals surface area contributed by atoms with E-state index >= 15 is 0 Å². The molecule has 2 N–H and O–H groups in total. The van der Waals surface area contributed by atoms with Crippen LogP contribution in [0.25, 0.3) is 0 Å². The largest absolute Gasteiger partial charge is 0.352 e. The first-order chi connectivity index (χ1) is 12.8. The number of amides is 1. The number of rotatable bonds is 6. The minimum atomic E-state index is -3.72. The van der Waals surface area contributed by atoms with Crippen molar-refractivity contribution in [1.29, 1.82) is 0 Å². The molecule has 27 heavy (non-hydrogen) atoms. The fourth-order valence-electron chi connectivity index (χ4n) is 3.48. The Balaban J connectivity index is 1.73. The zero-order valence-electron chi connectivity index (χ0n) is 15.8. The molecule has 3 rings (SSSR count). The van der Waals surface area contributed by atoms with Crippen LogP contribution in [0, 0.1) is 19.8 Å². The van der Waals surface area contributed by atoms with Crippen LogP contribution in [0.2, 0.25) is 0 Å². The Hall–Kier alpha value is -2.34. The minimum absolute atomic E-state index is 0.172. The number of benzene rings is 2. The molecule has 0 saturated heterocycles. The first-order valence-electron chi connectivity index (χ1n) is 9.33. The quantitative estimate of drug-likeness (QED) is 0.787. The number of anilines is 1. The van der Waals surface area contributed by atoms with Gasteiger partial charge in [-0.1, -0.05) is 31.0 Å². The number of nitrogens with one attached hydrogen (secondary N) is 2. The lowest BCUT2D eigenvalue weighted by molar-refractivity contribution is 0.0947. The van der Waals surface area contributed by atoms with Crippen molar-refractivity contribution < 1.29 is 13.2 Å². The maximum atomic E-state index is 12.7. The number of hydrogen-bond acceptors (Lipinski definition) is 3. The third-order valence-corrected chi connectivity index (χ3v) is 6.56. The summed E-state index contributed by atoms with van der Waals surface area (Å²) in [6, 6.07) is 11.9. The molecule has 1 fully saturated rings. The molecule has 0 atom stereocenters. The fraction of sp³-hybridized carbons (Fsp3) is 0.381. The van der Waals surface area contributed by atoms with Gasteiger partial charge in [-0.25, -0.2) is 8.42 Å². The van der Waals surface area contributed by atoms with Crippen LogP contribution in [0.3, 0.4) is 0 Å². The predicted molar refractivity (Wildman–Crippen MR) is 107 cm³/mol. The van der Waals surface area contributed by atoms with Gasteiger partial charge in [-0.15, -0.1) is 0 Å². The van der Waals surface area contributed by atoms with E-state index < -0.39 is 10.0 Å². The molecule has 1 saturated carbocycles. The second-order valence-corrected chi connectivity index (χ2v) is 8.97. The fourth-order valence-corrected chi connectivity index (χ4v) is 4.86. The molecule has 144 valence electrons. The molecule has 2 aromatic rings. The standard InChI is InChI=1S/C21H26N2O3S/c1-15-10-11-16(2)20(12-15)27(25,26)23-19-9-5-8-18(13-19)21(24)22-14-17-6-3-4-7-17/h5,8-13,17,23H,3-4,6-7,14H2,1-2H3,(H,22,24). The van der Waals surface area contributed by atoms with Gasteiger partial charge in [0.1, 0.15) is 0 Å². The second-order valence-electron chi connectivity index (χ2n) is 7.32. The van der Waals surface area contributed by atoms with Crippen LogP contribution in [0.5, 0.6) is 0 Å². The van der Waals surface area contributed by atoms with Crippen molar-refractivity contribution >= 4 is 21.6 Å². The van der Waals surface area contributed by atoms with Crippen molar-refractivity contribution in [3.8, 4) is 0 Å². The van der Waals surface area contributed by atoms with E-state index in [2.05, 4.69) is 10.0 Å². The summed E-state index contributed by atoms with van der Waals surface area (Å²) >= 11 is 0. The van der Waals surface area contributed by atoms with Gasteiger partial charge < -0.3 is 5.32 Å². The molecule has 2 aromatic carbocycles. The van der Waals surface area contributed by atoms with E-state index in [0.717, 1.165) is 18.4 Å². The normalized spacial score (nSPS) is 14.9. The van der Waals surface area contributed by atoms with Gasteiger partial charge in [0, 0.05) is 17.8 Å². The molecular weight excluding hydrogens is 360 g/mol. The van der Waals surface area contributed by atoms with E-state index in [-0.39, 0.29) is 10.8 Å². The number of carbonyl (C=O) groups excluding carboxylic acids is 1. The van der Waals surface area contributed by atoms with E-state index in [1.807, 2.05) is 13.0 Å². The zero-order valence-corrected chi connectivity index (χ0v) is 16.6. The molecule has 0 bridgehead atoms. The van der Waals surface area contributed by atoms with Crippen molar-refractivity contribution in [2.24, 2.45) is 5.92 Å². The molecule has 0 aromatic heterocycles. The first-order valence-corrected chi connectivity index (χ1v) is 10.8. The smallest absolute Gasteiger partial charge is 0.262 e. The highest BCUT2D eigenvalue weighted by atomic mass is 32.2. The monoisotopic (exact) mass is 386 g/mol. The van der Waals surface area contributed by atoms with Crippen molar-refractivity contribution in [2.75, 3.05) is 11.3 Å². The Labute approximate surface area is 161 Å². The second kappa shape index (κ2) is 8.13. The van der Waals surface area contributed by atoms with Crippen LogP contribution in [-0.2, 0) is 10.0 Å². The van der Waals surface area contributed by atoms with Gasteiger partial charge in [0.05, 0.1) is 4.90 Å². The summed E-state index contributed by atoms with van der Waals surface area (Å²) in [5.74, 6) is 0.384. The van der Waals surface area contributed by atoms with E-state index in [4.69, 9.17) is 0 Å². The molecule has 0 spiro atoms. The van der Waals surface area contributed by atoms with Gasteiger partial charge in [0.25, 0.3) is 15.9 Å². The third-order valence-electron chi connectivity index (χ3n) is 5.04. The molecule has 0 heterocycles. The average molecular weight is 387 g/mol. The van der Waals surface area contributed by atoms with Gasteiger partial charge >= 0.3 is 0 Å². The van der Waals surface area contributed by atoms with E-state index in [1.165, 1.54) is 12.8 Å². The molecule has 1 aliphatic rings. The summed E-state index contributed by atoms with van der Waals surface area (Å²) in [5.41, 5.74) is 2.39. The van der Waals surface area contributed by atoms with E-state index in [0.29, 0.717) is 29.3 Å². The van der Waals surface area contributed by atoms with Crippen LogP contribution in [0.1, 0.15) is 47.2 Å². The van der Waals surface area contributed by atoms with Gasteiger partial charge in [-0.05, 0) is 68.0 Å². The van der Waals surface area contributed by atoms with Gasteiger partial charge in [0.2, 0.25) is 0 Å².